The number of hydrogen-bond donors (Lipinski definition) is 1. The highest BCUT2D eigenvalue weighted by Gasteiger charge is 2.04. The summed E-state index contributed by atoms with van der Waals surface area (Å²) in [4.78, 5) is 4.07. The van der Waals surface area contributed by atoms with Crippen molar-refractivity contribution in [1.29, 1.82) is 0 Å². The lowest BCUT2D eigenvalue weighted by Crippen LogP contribution is -1.99. The molecule has 0 bridgehead atoms. The Hall–Kier alpha value is -2.88. The van der Waals surface area contributed by atoms with Gasteiger partial charge in [0.2, 0.25) is 0 Å². The van der Waals surface area contributed by atoms with Crippen LogP contribution in [-0.4, -0.2) is 4.98 Å². The van der Waals surface area contributed by atoms with E-state index in [2.05, 4.69) is 10.3 Å². The summed E-state index contributed by atoms with van der Waals surface area (Å²) in [7, 11) is 0. The van der Waals surface area contributed by atoms with Crippen molar-refractivity contribution in [3.05, 3.63) is 84.4 Å². The van der Waals surface area contributed by atoms with E-state index in [1.807, 2.05) is 36.5 Å². The molecule has 0 spiro atoms. The molecule has 22 heavy (non-hydrogen) atoms. The summed E-state index contributed by atoms with van der Waals surface area (Å²) in [6.45, 7) is 0.664. The number of ether oxygens (including phenoxy) is 1. The third kappa shape index (κ3) is 3.61. The largest absolute Gasteiger partial charge is 0.454 e. The van der Waals surface area contributed by atoms with Crippen LogP contribution in [0.2, 0.25) is 0 Å². The second-order valence-corrected chi connectivity index (χ2v) is 4.78. The number of hydrogen-bond acceptors (Lipinski definition) is 3. The highest BCUT2D eigenvalue weighted by atomic mass is 19.1. The maximum Gasteiger partial charge on any atom is 0.165 e. The van der Waals surface area contributed by atoms with Crippen LogP contribution < -0.4 is 10.1 Å². The van der Waals surface area contributed by atoms with E-state index in [0.717, 1.165) is 11.3 Å². The number of nitrogens with one attached hydrogen (secondary N) is 1. The number of aromatic nitrogens is 1. The van der Waals surface area contributed by atoms with E-state index in [0.29, 0.717) is 12.3 Å². The summed E-state index contributed by atoms with van der Waals surface area (Å²) in [6.07, 6.45) is 3.55. The number of pyridine rings is 1. The molecule has 0 unspecified atom stereocenters. The van der Waals surface area contributed by atoms with Gasteiger partial charge in [0, 0.05) is 30.7 Å². The number of benzene rings is 2. The first-order valence-electron chi connectivity index (χ1n) is 6.96. The smallest absolute Gasteiger partial charge is 0.165 e. The Bertz CT molecular complexity index is 747. The minimum Gasteiger partial charge on any atom is -0.454 e. The second-order valence-electron chi connectivity index (χ2n) is 4.78. The highest BCUT2D eigenvalue weighted by molar-refractivity contribution is 5.49. The Kier molecular flexibility index (Phi) is 4.30. The summed E-state index contributed by atoms with van der Waals surface area (Å²) in [5, 5.41) is 3.29. The minimum atomic E-state index is -0.378. The van der Waals surface area contributed by atoms with E-state index in [9.17, 15) is 4.39 Å². The van der Waals surface area contributed by atoms with Gasteiger partial charge >= 0.3 is 0 Å². The lowest BCUT2D eigenvalue weighted by molar-refractivity contribution is 0.442. The Balaban J connectivity index is 1.69. The number of rotatable bonds is 5. The van der Waals surface area contributed by atoms with Crippen LogP contribution in [0.25, 0.3) is 0 Å². The molecule has 4 heteroatoms. The molecule has 110 valence electrons. The van der Waals surface area contributed by atoms with Gasteiger partial charge in [-0.05, 0) is 35.9 Å². The molecule has 1 N–H and O–H groups in total. The van der Waals surface area contributed by atoms with Gasteiger partial charge in [0.1, 0.15) is 5.75 Å². The lowest BCUT2D eigenvalue weighted by Gasteiger charge is -2.10. The van der Waals surface area contributed by atoms with Crippen molar-refractivity contribution in [3.63, 3.8) is 0 Å². The van der Waals surface area contributed by atoms with Gasteiger partial charge in [-0.1, -0.05) is 24.3 Å². The van der Waals surface area contributed by atoms with Crippen LogP contribution in [0.1, 0.15) is 5.56 Å². The fraction of sp³-hybridized carbons (Fsp3) is 0.0556. The molecule has 3 nitrogen and oxygen atoms in total. The van der Waals surface area contributed by atoms with Gasteiger partial charge in [0.25, 0.3) is 0 Å². The predicted molar refractivity (Wildman–Crippen MR) is 84.5 cm³/mol. The first-order chi connectivity index (χ1) is 10.8. The molecule has 0 fully saturated rings. The maximum absolute atomic E-state index is 13.6. The van der Waals surface area contributed by atoms with Crippen molar-refractivity contribution >= 4 is 5.69 Å². The Morgan fingerprint density at radius 2 is 1.91 bits per heavy atom. The molecule has 0 saturated carbocycles. The van der Waals surface area contributed by atoms with Crippen LogP contribution in [0.15, 0.2) is 73.1 Å². The normalized spacial score (nSPS) is 10.2. The van der Waals surface area contributed by atoms with Crippen molar-refractivity contribution in [2.45, 2.75) is 6.54 Å². The van der Waals surface area contributed by atoms with Crippen LogP contribution in [0.5, 0.6) is 11.5 Å². The molecular weight excluding hydrogens is 279 g/mol. The third-order valence-electron chi connectivity index (χ3n) is 3.12. The number of halogens is 1. The van der Waals surface area contributed by atoms with Gasteiger partial charge in [0.15, 0.2) is 11.6 Å². The molecule has 0 radical (unpaired) electrons. The highest BCUT2D eigenvalue weighted by Crippen LogP contribution is 2.26. The number of para-hydroxylation sites is 1. The number of nitrogens with zero attached hydrogens (tertiary/aromatic N) is 1. The van der Waals surface area contributed by atoms with E-state index in [4.69, 9.17) is 4.74 Å². The van der Waals surface area contributed by atoms with Crippen LogP contribution >= 0.6 is 0 Å². The summed E-state index contributed by atoms with van der Waals surface area (Å²) in [5.74, 6) is 0.421. The molecule has 2 aromatic carbocycles. The Morgan fingerprint density at radius 3 is 2.73 bits per heavy atom. The summed E-state index contributed by atoms with van der Waals surface area (Å²) < 4.78 is 19.2. The van der Waals surface area contributed by atoms with E-state index in [1.54, 1.807) is 30.5 Å². The van der Waals surface area contributed by atoms with Gasteiger partial charge in [-0.3, -0.25) is 4.98 Å². The van der Waals surface area contributed by atoms with Crippen molar-refractivity contribution < 1.29 is 9.13 Å². The monoisotopic (exact) mass is 294 g/mol. The maximum atomic E-state index is 13.6. The molecule has 1 aromatic heterocycles. The molecule has 0 aliphatic carbocycles. The molecule has 0 saturated heterocycles. The zero-order chi connectivity index (χ0) is 15.2. The Labute approximate surface area is 128 Å². The second kappa shape index (κ2) is 6.72. The molecule has 0 aliphatic heterocycles. The van der Waals surface area contributed by atoms with Crippen molar-refractivity contribution in [2.24, 2.45) is 0 Å². The first kappa shape index (κ1) is 14.1. The van der Waals surface area contributed by atoms with E-state index in [1.165, 1.54) is 6.07 Å². The molecule has 0 aliphatic rings. The molecule has 3 rings (SSSR count). The van der Waals surface area contributed by atoms with Gasteiger partial charge in [-0.25, -0.2) is 4.39 Å². The average molecular weight is 294 g/mol. The van der Waals surface area contributed by atoms with E-state index < -0.39 is 0 Å². The summed E-state index contributed by atoms with van der Waals surface area (Å²) in [5.41, 5.74) is 1.99. The Morgan fingerprint density at radius 1 is 1.00 bits per heavy atom. The van der Waals surface area contributed by atoms with Gasteiger partial charge in [0.05, 0.1) is 0 Å². The van der Waals surface area contributed by atoms with E-state index in [-0.39, 0.29) is 11.6 Å². The minimum absolute atomic E-state index is 0.215. The average Bonchev–Trinajstić information content (AvgIpc) is 2.57. The summed E-state index contributed by atoms with van der Waals surface area (Å²) >= 11 is 0. The number of anilines is 1. The van der Waals surface area contributed by atoms with Crippen molar-refractivity contribution in [1.82, 2.24) is 4.98 Å². The molecule has 1 heterocycles. The fourth-order valence-corrected chi connectivity index (χ4v) is 2.03. The van der Waals surface area contributed by atoms with Crippen LogP contribution in [-0.2, 0) is 6.54 Å². The van der Waals surface area contributed by atoms with Crippen LogP contribution in [0.4, 0.5) is 10.1 Å². The lowest BCUT2D eigenvalue weighted by atomic mass is 10.2. The van der Waals surface area contributed by atoms with Crippen molar-refractivity contribution in [2.75, 3.05) is 5.32 Å². The van der Waals surface area contributed by atoms with Gasteiger partial charge in [-0.15, -0.1) is 0 Å². The third-order valence-corrected chi connectivity index (χ3v) is 3.12. The first-order valence-corrected chi connectivity index (χ1v) is 6.96. The molecular formula is C18H15FN2O. The van der Waals surface area contributed by atoms with E-state index >= 15 is 0 Å². The van der Waals surface area contributed by atoms with Crippen molar-refractivity contribution in [3.8, 4) is 11.5 Å². The van der Waals surface area contributed by atoms with Crippen LogP contribution in [0.3, 0.4) is 0 Å². The van der Waals surface area contributed by atoms with Gasteiger partial charge < -0.3 is 10.1 Å². The molecule has 0 atom stereocenters. The summed E-state index contributed by atoms with van der Waals surface area (Å²) in [6, 6.07) is 17.7. The standard InChI is InChI=1S/C18H15FN2O/c19-17-8-1-2-9-18(17)22-16-7-3-6-15(11-16)21-13-14-5-4-10-20-12-14/h1-12,21H,13H2. The zero-order valence-corrected chi connectivity index (χ0v) is 11.9. The van der Waals surface area contributed by atoms with Gasteiger partial charge in [-0.2, -0.15) is 0 Å². The molecule has 0 amide bonds. The predicted octanol–water partition coefficient (Wildman–Crippen LogP) is 4.63. The topological polar surface area (TPSA) is 34.1 Å². The zero-order valence-electron chi connectivity index (χ0n) is 11.9. The fourth-order valence-electron chi connectivity index (χ4n) is 2.03. The quantitative estimate of drug-likeness (QED) is 0.745. The molecule has 3 aromatic rings. The SMILES string of the molecule is Fc1ccccc1Oc1cccc(NCc2cccnc2)c1. The van der Waals surface area contributed by atoms with Crippen LogP contribution in [0, 0.1) is 5.82 Å².